The van der Waals surface area contributed by atoms with Crippen LogP contribution in [-0.2, 0) is 11.3 Å². The third kappa shape index (κ3) is 4.64. The van der Waals surface area contributed by atoms with E-state index in [0.29, 0.717) is 39.8 Å². The average molecular weight is 427 g/mol. The standard InChI is InChI=1S/C26H22FN3O2/c1-2-25(31)29-19-13-11-17(12-14-19)24-15-21(20-8-4-6-10-23(20)30-24)26(32)28-16-18-7-3-5-9-22(18)27/h3-15H,2,16H2,1H3,(H,28,32)(H,29,31). The third-order valence-corrected chi connectivity index (χ3v) is 5.14. The van der Waals surface area contributed by atoms with E-state index in [9.17, 15) is 14.0 Å². The molecule has 0 saturated heterocycles. The van der Waals surface area contributed by atoms with Crippen LogP contribution in [0, 0.1) is 5.82 Å². The van der Waals surface area contributed by atoms with Crippen LogP contribution in [0.25, 0.3) is 22.2 Å². The van der Waals surface area contributed by atoms with Crippen LogP contribution < -0.4 is 10.6 Å². The fourth-order valence-electron chi connectivity index (χ4n) is 3.40. The second kappa shape index (κ2) is 9.39. The van der Waals surface area contributed by atoms with Crippen molar-refractivity contribution in [1.82, 2.24) is 10.3 Å². The molecule has 6 heteroatoms. The summed E-state index contributed by atoms with van der Waals surface area (Å²) >= 11 is 0. The van der Waals surface area contributed by atoms with Crippen LogP contribution in [0.15, 0.2) is 78.9 Å². The van der Waals surface area contributed by atoms with Crippen molar-refractivity contribution >= 4 is 28.4 Å². The first kappa shape index (κ1) is 21.2. The van der Waals surface area contributed by atoms with E-state index >= 15 is 0 Å². The highest BCUT2D eigenvalue weighted by Crippen LogP contribution is 2.26. The zero-order valence-electron chi connectivity index (χ0n) is 17.6. The summed E-state index contributed by atoms with van der Waals surface area (Å²) in [7, 11) is 0. The number of rotatable bonds is 6. The Bertz CT molecular complexity index is 1290. The number of hydrogen-bond acceptors (Lipinski definition) is 3. The minimum absolute atomic E-state index is 0.0598. The lowest BCUT2D eigenvalue weighted by Gasteiger charge is -2.11. The van der Waals surface area contributed by atoms with Gasteiger partial charge in [0.1, 0.15) is 5.82 Å². The monoisotopic (exact) mass is 427 g/mol. The fraction of sp³-hybridized carbons (Fsp3) is 0.115. The molecule has 0 bridgehead atoms. The van der Waals surface area contributed by atoms with E-state index < -0.39 is 0 Å². The third-order valence-electron chi connectivity index (χ3n) is 5.14. The summed E-state index contributed by atoms with van der Waals surface area (Å²) in [6.45, 7) is 1.88. The highest BCUT2D eigenvalue weighted by atomic mass is 19.1. The molecule has 160 valence electrons. The van der Waals surface area contributed by atoms with Crippen molar-refractivity contribution < 1.29 is 14.0 Å². The molecule has 1 aromatic heterocycles. The SMILES string of the molecule is CCC(=O)Nc1ccc(-c2cc(C(=O)NCc3ccccc3F)c3ccccc3n2)cc1. The van der Waals surface area contributed by atoms with Gasteiger partial charge >= 0.3 is 0 Å². The van der Waals surface area contributed by atoms with E-state index in [4.69, 9.17) is 4.98 Å². The Morgan fingerprint density at radius 2 is 1.66 bits per heavy atom. The first-order valence-electron chi connectivity index (χ1n) is 10.4. The summed E-state index contributed by atoms with van der Waals surface area (Å²) in [4.78, 5) is 29.3. The topological polar surface area (TPSA) is 71.1 Å². The minimum atomic E-state index is -0.358. The number of nitrogens with zero attached hydrogens (tertiary/aromatic N) is 1. The van der Waals surface area contributed by atoms with Gasteiger partial charge in [-0.1, -0.05) is 55.5 Å². The van der Waals surface area contributed by atoms with Gasteiger partial charge in [0.15, 0.2) is 0 Å². The molecular weight excluding hydrogens is 405 g/mol. The molecule has 3 aromatic carbocycles. The van der Waals surface area contributed by atoms with Gasteiger partial charge in [-0.15, -0.1) is 0 Å². The van der Waals surface area contributed by atoms with Gasteiger partial charge in [0, 0.05) is 35.2 Å². The van der Waals surface area contributed by atoms with Crippen LogP contribution in [0.3, 0.4) is 0 Å². The Morgan fingerprint density at radius 1 is 0.938 bits per heavy atom. The number of aromatic nitrogens is 1. The average Bonchev–Trinajstić information content (AvgIpc) is 2.83. The summed E-state index contributed by atoms with van der Waals surface area (Å²) in [6.07, 6.45) is 0.402. The van der Waals surface area contributed by atoms with Crippen molar-refractivity contribution in [3.05, 3.63) is 95.8 Å². The normalized spacial score (nSPS) is 10.7. The second-order valence-electron chi connectivity index (χ2n) is 7.33. The van der Waals surface area contributed by atoms with Crippen LogP contribution in [0.4, 0.5) is 10.1 Å². The maximum Gasteiger partial charge on any atom is 0.252 e. The molecule has 0 atom stereocenters. The number of halogens is 1. The molecule has 0 radical (unpaired) electrons. The van der Waals surface area contributed by atoms with E-state index in [1.54, 1.807) is 43.3 Å². The Morgan fingerprint density at radius 3 is 2.41 bits per heavy atom. The first-order valence-corrected chi connectivity index (χ1v) is 10.4. The molecule has 0 aliphatic carbocycles. The number of nitrogens with one attached hydrogen (secondary N) is 2. The molecule has 32 heavy (non-hydrogen) atoms. The zero-order valence-corrected chi connectivity index (χ0v) is 17.6. The second-order valence-corrected chi connectivity index (χ2v) is 7.33. The predicted octanol–water partition coefficient (Wildman–Crippen LogP) is 5.32. The van der Waals surface area contributed by atoms with Crippen molar-refractivity contribution in [2.75, 3.05) is 5.32 Å². The van der Waals surface area contributed by atoms with Gasteiger partial charge < -0.3 is 10.6 Å². The molecule has 0 saturated carbocycles. The molecule has 0 spiro atoms. The molecule has 2 N–H and O–H groups in total. The number of carbonyl (C=O) groups is 2. The molecule has 0 unspecified atom stereocenters. The van der Waals surface area contributed by atoms with E-state index in [-0.39, 0.29) is 24.2 Å². The van der Waals surface area contributed by atoms with Crippen molar-refractivity contribution in [1.29, 1.82) is 0 Å². The predicted molar refractivity (Wildman–Crippen MR) is 124 cm³/mol. The molecule has 1 heterocycles. The number of amides is 2. The van der Waals surface area contributed by atoms with Crippen LogP contribution in [-0.4, -0.2) is 16.8 Å². The molecule has 2 amide bonds. The lowest BCUT2D eigenvalue weighted by molar-refractivity contribution is -0.115. The van der Waals surface area contributed by atoms with Gasteiger partial charge in [-0.05, 0) is 30.3 Å². The Labute approximate surface area is 185 Å². The summed E-state index contributed by atoms with van der Waals surface area (Å²) < 4.78 is 13.9. The van der Waals surface area contributed by atoms with Gasteiger partial charge in [0.05, 0.1) is 16.8 Å². The summed E-state index contributed by atoms with van der Waals surface area (Å²) in [5, 5.41) is 6.34. The first-order chi connectivity index (χ1) is 15.5. The van der Waals surface area contributed by atoms with Crippen molar-refractivity contribution in [3.63, 3.8) is 0 Å². The lowest BCUT2D eigenvalue weighted by atomic mass is 10.0. The van der Waals surface area contributed by atoms with E-state index in [1.807, 2.05) is 36.4 Å². The molecule has 0 fully saturated rings. The van der Waals surface area contributed by atoms with Gasteiger partial charge in [-0.2, -0.15) is 0 Å². The van der Waals surface area contributed by atoms with Crippen molar-refractivity contribution in [2.24, 2.45) is 0 Å². The molecule has 0 aliphatic heterocycles. The number of benzene rings is 3. The largest absolute Gasteiger partial charge is 0.348 e. The smallest absolute Gasteiger partial charge is 0.252 e. The molecular formula is C26H22FN3O2. The van der Waals surface area contributed by atoms with Gasteiger partial charge in [-0.25, -0.2) is 9.37 Å². The maximum absolute atomic E-state index is 13.9. The summed E-state index contributed by atoms with van der Waals surface area (Å²) in [5.41, 5.74) is 3.71. The van der Waals surface area contributed by atoms with Crippen LogP contribution in [0.5, 0.6) is 0 Å². The number of pyridine rings is 1. The van der Waals surface area contributed by atoms with Crippen molar-refractivity contribution in [3.8, 4) is 11.3 Å². The van der Waals surface area contributed by atoms with Crippen molar-refractivity contribution in [2.45, 2.75) is 19.9 Å². The summed E-state index contributed by atoms with van der Waals surface area (Å²) in [5.74, 6) is -0.723. The quantitative estimate of drug-likeness (QED) is 0.438. The molecule has 4 aromatic rings. The van der Waals surface area contributed by atoms with E-state index in [2.05, 4.69) is 10.6 Å². The number of para-hydroxylation sites is 1. The Kier molecular flexibility index (Phi) is 6.22. The number of hydrogen-bond donors (Lipinski definition) is 2. The lowest BCUT2D eigenvalue weighted by Crippen LogP contribution is -2.23. The summed E-state index contributed by atoms with van der Waals surface area (Å²) in [6, 6.07) is 22.8. The molecule has 4 rings (SSSR count). The fourth-order valence-corrected chi connectivity index (χ4v) is 3.40. The highest BCUT2D eigenvalue weighted by molar-refractivity contribution is 6.07. The molecule has 5 nitrogen and oxygen atoms in total. The van der Waals surface area contributed by atoms with Gasteiger partial charge in [-0.3, -0.25) is 9.59 Å². The Balaban J connectivity index is 1.65. The molecule has 0 aliphatic rings. The number of fused-ring (bicyclic) bond motifs is 1. The van der Waals surface area contributed by atoms with Crippen LogP contribution in [0.1, 0.15) is 29.3 Å². The number of anilines is 1. The van der Waals surface area contributed by atoms with E-state index in [0.717, 1.165) is 5.56 Å². The van der Waals surface area contributed by atoms with Crippen LogP contribution >= 0.6 is 0 Å². The van der Waals surface area contributed by atoms with E-state index in [1.165, 1.54) is 6.07 Å². The Hall–Kier alpha value is -4.06. The number of carbonyl (C=O) groups excluding carboxylic acids is 2. The van der Waals surface area contributed by atoms with Gasteiger partial charge in [0.25, 0.3) is 5.91 Å². The van der Waals surface area contributed by atoms with Crippen LogP contribution in [0.2, 0.25) is 0 Å². The minimum Gasteiger partial charge on any atom is -0.348 e. The maximum atomic E-state index is 13.9. The highest BCUT2D eigenvalue weighted by Gasteiger charge is 2.14. The van der Waals surface area contributed by atoms with Gasteiger partial charge in [0.2, 0.25) is 5.91 Å². The zero-order chi connectivity index (χ0) is 22.5.